The molecular weight excluding hydrogens is 809 g/mol. The zero-order valence-corrected chi connectivity index (χ0v) is 45.6. The molecule has 67 heavy (non-hydrogen) atoms. The normalized spacial score (nSPS) is 21.8. The first kappa shape index (κ1) is 47.8. The zero-order valence-electron chi connectivity index (χ0n) is 45.6. The van der Waals surface area contributed by atoms with Crippen LogP contribution in [0.15, 0.2) is 78.9 Å². The van der Waals surface area contributed by atoms with E-state index in [2.05, 4.69) is 220 Å². The predicted octanol–water partition coefficient (Wildman–Crippen LogP) is 18.9. The average Bonchev–Trinajstić information content (AvgIpc) is 3.23. The molecule has 9 rings (SSSR count). The van der Waals surface area contributed by atoms with Gasteiger partial charge in [0.05, 0.1) is 0 Å². The maximum Gasteiger partial charge on any atom is 0.0493 e. The van der Waals surface area contributed by atoms with Gasteiger partial charge >= 0.3 is 0 Å². The van der Waals surface area contributed by atoms with E-state index >= 15 is 0 Å². The fraction of sp³-hybridized carbons (Fsp3) is 0.538. The van der Waals surface area contributed by atoms with E-state index in [-0.39, 0.29) is 43.3 Å². The van der Waals surface area contributed by atoms with Crippen LogP contribution in [0.2, 0.25) is 0 Å². The summed E-state index contributed by atoms with van der Waals surface area (Å²) in [5.74, 6) is 0. The maximum absolute atomic E-state index is 2.64. The quantitative estimate of drug-likeness (QED) is 0.168. The van der Waals surface area contributed by atoms with Gasteiger partial charge in [0.2, 0.25) is 0 Å². The first-order valence-corrected chi connectivity index (χ1v) is 26.2. The number of fused-ring (bicyclic) bond motifs is 4. The van der Waals surface area contributed by atoms with E-state index in [4.69, 9.17) is 0 Å². The van der Waals surface area contributed by atoms with Gasteiger partial charge in [0.25, 0.3) is 0 Å². The van der Waals surface area contributed by atoms with Crippen LogP contribution in [0.4, 0.5) is 34.1 Å². The Kier molecular flexibility index (Phi) is 10.9. The maximum atomic E-state index is 2.64. The number of benzene rings is 5. The summed E-state index contributed by atoms with van der Waals surface area (Å²) in [4.78, 5) is 5.29. The second kappa shape index (κ2) is 15.3. The Morgan fingerprint density at radius 2 is 0.522 bits per heavy atom. The Balaban J connectivity index is 1.33. The lowest BCUT2D eigenvalue weighted by atomic mass is 9.62. The van der Waals surface area contributed by atoms with Crippen LogP contribution in [0.5, 0.6) is 0 Å². The van der Waals surface area contributed by atoms with Crippen molar-refractivity contribution in [1.82, 2.24) is 0 Å². The van der Waals surface area contributed by atoms with E-state index in [1.807, 2.05) is 0 Å². The lowest BCUT2D eigenvalue weighted by Crippen LogP contribution is -2.35. The van der Waals surface area contributed by atoms with Gasteiger partial charge in [-0.1, -0.05) is 135 Å². The van der Waals surface area contributed by atoms with Crippen molar-refractivity contribution in [3.63, 3.8) is 0 Å². The summed E-state index contributed by atoms with van der Waals surface area (Å²) in [5.41, 5.74) is 24.3. The highest BCUT2D eigenvalue weighted by molar-refractivity contribution is 5.87. The third-order valence-corrected chi connectivity index (χ3v) is 18.6. The third-order valence-electron chi connectivity index (χ3n) is 18.6. The summed E-state index contributed by atoms with van der Waals surface area (Å²) in [5, 5.41) is 0. The van der Waals surface area contributed by atoms with E-state index in [0.29, 0.717) is 0 Å². The van der Waals surface area contributed by atoms with Gasteiger partial charge in [0.15, 0.2) is 0 Å². The highest BCUT2D eigenvalue weighted by Gasteiger charge is 2.42. The van der Waals surface area contributed by atoms with Gasteiger partial charge in [-0.15, -0.1) is 0 Å². The summed E-state index contributed by atoms with van der Waals surface area (Å²) in [7, 11) is 0. The SMILES string of the molecule is Cc1cc(N(c2ccc3c(c2)C(C)(C)CCC3(C)C)c2cc3c(cc2C)C(C)(C)CCC3(C)C)cc(N(c2ccc3c(c2)C(C)(C)CCC3(C)C)c2cc3c(cc2C)C(C)(C)CCC3(C)C)c1. The van der Waals surface area contributed by atoms with Crippen LogP contribution < -0.4 is 9.80 Å². The minimum Gasteiger partial charge on any atom is -0.310 e. The number of aryl methyl sites for hydroxylation is 3. The standard InChI is InChI=1S/C65H86N2/c1-41-32-46(66(44-20-22-48-52(37-44)62(12,13)26-24-58(48,4)5)56-39-54-50(34-42(56)2)60(8,9)28-30-64(54,16)17)36-47(33-41)67(45-21-23-49-53(38-45)63(14,15)27-25-59(49,6)7)57-40-55-51(35-43(57)3)61(10,11)29-31-65(55,18)19/h20-23,32-40H,24-31H2,1-19H3. The van der Waals surface area contributed by atoms with Crippen LogP contribution in [-0.2, 0) is 43.3 Å². The van der Waals surface area contributed by atoms with Crippen LogP contribution >= 0.6 is 0 Å². The molecule has 0 heterocycles. The van der Waals surface area contributed by atoms with E-state index in [9.17, 15) is 0 Å². The molecule has 5 aromatic rings. The molecule has 2 nitrogen and oxygen atoms in total. The molecular formula is C65H86N2. The zero-order chi connectivity index (χ0) is 48.8. The fourth-order valence-corrected chi connectivity index (χ4v) is 13.2. The Bertz CT molecular complexity index is 2610. The van der Waals surface area contributed by atoms with Crippen LogP contribution in [0.1, 0.15) is 223 Å². The largest absolute Gasteiger partial charge is 0.310 e. The van der Waals surface area contributed by atoms with Crippen LogP contribution in [0.25, 0.3) is 0 Å². The third kappa shape index (κ3) is 8.01. The number of hydrogen-bond acceptors (Lipinski definition) is 2. The average molecular weight is 895 g/mol. The lowest BCUT2D eigenvalue weighted by molar-refractivity contribution is 0.331. The first-order valence-electron chi connectivity index (χ1n) is 26.2. The van der Waals surface area contributed by atoms with E-state index in [1.165, 1.54) is 147 Å². The van der Waals surface area contributed by atoms with E-state index in [0.717, 1.165) is 0 Å². The molecule has 0 saturated heterocycles. The van der Waals surface area contributed by atoms with Crippen molar-refractivity contribution in [2.45, 2.75) is 226 Å². The van der Waals surface area contributed by atoms with Gasteiger partial charge in [-0.25, -0.2) is 0 Å². The second-order valence-electron chi connectivity index (χ2n) is 27.6. The van der Waals surface area contributed by atoms with Gasteiger partial charge in [0, 0.05) is 34.1 Å². The van der Waals surface area contributed by atoms with Crippen LogP contribution in [0.3, 0.4) is 0 Å². The Hall–Kier alpha value is -4.30. The van der Waals surface area contributed by atoms with Gasteiger partial charge in [-0.3, -0.25) is 0 Å². The number of anilines is 6. The van der Waals surface area contributed by atoms with Crippen LogP contribution in [-0.4, -0.2) is 0 Å². The summed E-state index contributed by atoms with van der Waals surface area (Å²) in [6.07, 6.45) is 9.56. The summed E-state index contributed by atoms with van der Waals surface area (Å²) < 4.78 is 0. The smallest absolute Gasteiger partial charge is 0.0493 e. The Morgan fingerprint density at radius 3 is 0.821 bits per heavy atom. The molecule has 0 amide bonds. The molecule has 0 aromatic heterocycles. The molecule has 0 N–H and O–H groups in total. The molecule has 0 fully saturated rings. The molecule has 4 aliphatic carbocycles. The predicted molar refractivity (Wildman–Crippen MR) is 291 cm³/mol. The van der Waals surface area contributed by atoms with Crippen molar-refractivity contribution in [2.24, 2.45) is 0 Å². The molecule has 0 unspecified atom stereocenters. The summed E-state index contributed by atoms with van der Waals surface area (Å²) >= 11 is 0. The Morgan fingerprint density at radius 1 is 0.269 bits per heavy atom. The monoisotopic (exact) mass is 895 g/mol. The van der Waals surface area contributed by atoms with Crippen LogP contribution in [0, 0.1) is 20.8 Å². The minimum absolute atomic E-state index is 0.0799. The Labute approximate surface area is 408 Å². The molecule has 356 valence electrons. The highest BCUT2D eigenvalue weighted by Crippen LogP contribution is 2.55. The van der Waals surface area contributed by atoms with Crippen molar-refractivity contribution < 1.29 is 0 Å². The highest BCUT2D eigenvalue weighted by atomic mass is 15.2. The summed E-state index contributed by atoms with van der Waals surface area (Å²) in [6, 6.07) is 32.8. The van der Waals surface area contributed by atoms with Crippen molar-refractivity contribution in [3.05, 3.63) is 140 Å². The molecule has 2 heteroatoms. The molecule has 0 radical (unpaired) electrons. The summed E-state index contributed by atoms with van der Waals surface area (Å²) in [6.45, 7) is 46.4. The second-order valence-corrected chi connectivity index (χ2v) is 27.6. The van der Waals surface area contributed by atoms with Crippen molar-refractivity contribution in [1.29, 1.82) is 0 Å². The molecule has 0 atom stereocenters. The first-order chi connectivity index (χ1) is 30.9. The molecule has 4 aliphatic rings. The van der Waals surface area contributed by atoms with Gasteiger partial charge in [-0.05, 0) is 231 Å². The molecule has 0 saturated carbocycles. The van der Waals surface area contributed by atoms with E-state index < -0.39 is 0 Å². The topological polar surface area (TPSA) is 6.48 Å². The number of hydrogen-bond donors (Lipinski definition) is 0. The fourth-order valence-electron chi connectivity index (χ4n) is 13.2. The van der Waals surface area contributed by atoms with E-state index in [1.54, 1.807) is 0 Å². The number of rotatable bonds is 6. The van der Waals surface area contributed by atoms with Crippen molar-refractivity contribution in [2.75, 3.05) is 9.80 Å². The van der Waals surface area contributed by atoms with Gasteiger partial charge in [0.1, 0.15) is 0 Å². The lowest BCUT2D eigenvalue weighted by Gasteiger charge is -2.44. The minimum atomic E-state index is 0.0799. The van der Waals surface area contributed by atoms with Crippen molar-refractivity contribution >= 4 is 34.1 Å². The molecule has 0 bridgehead atoms. The van der Waals surface area contributed by atoms with Gasteiger partial charge in [-0.2, -0.15) is 0 Å². The molecule has 0 spiro atoms. The number of nitrogens with zero attached hydrogens (tertiary/aromatic N) is 2. The van der Waals surface area contributed by atoms with Crippen molar-refractivity contribution in [3.8, 4) is 0 Å². The van der Waals surface area contributed by atoms with Gasteiger partial charge < -0.3 is 9.80 Å². The molecule has 0 aliphatic heterocycles. The molecule has 5 aromatic carbocycles.